The van der Waals surface area contributed by atoms with Crippen LogP contribution < -0.4 is 10.1 Å². The van der Waals surface area contributed by atoms with Crippen LogP contribution in [0.4, 0.5) is 0 Å². The monoisotopic (exact) mass is 442 g/mol. The molecule has 146 valence electrons. The zero-order valence-electron chi connectivity index (χ0n) is 15.5. The second-order valence-corrected chi connectivity index (χ2v) is 8.29. The van der Waals surface area contributed by atoms with Crippen molar-refractivity contribution < 1.29 is 14.3 Å². The summed E-state index contributed by atoms with van der Waals surface area (Å²) in [5.74, 6) is 0.971. The van der Waals surface area contributed by atoms with Crippen LogP contribution in [0, 0.1) is 0 Å². The molecule has 2 aliphatic rings. The number of rotatable bonds is 7. The number of benzene rings is 2. The number of amides is 2. The average Bonchev–Trinajstić information content (AvgIpc) is 3.45. The topological polar surface area (TPSA) is 58.6 Å². The Morgan fingerprint density at radius 3 is 2.36 bits per heavy atom. The molecule has 2 aromatic rings. The first kappa shape index (κ1) is 19.2. The number of halogens is 1. The molecule has 2 fully saturated rings. The Kier molecular flexibility index (Phi) is 5.78. The molecular weight excluding hydrogens is 420 g/mol. The summed E-state index contributed by atoms with van der Waals surface area (Å²) in [5.41, 5.74) is 1.32. The number of piperidine rings is 1. The lowest BCUT2D eigenvalue weighted by Crippen LogP contribution is -2.51. The fraction of sp³-hybridized carbons (Fsp3) is 0.364. The highest BCUT2D eigenvalue weighted by atomic mass is 79.9. The number of hydrogen-bond donors (Lipinski definition) is 1. The van der Waals surface area contributed by atoms with Gasteiger partial charge in [0, 0.05) is 35.3 Å². The third-order valence-electron chi connectivity index (χ3n) is 5.31. The molecule has 6 heteroatoms. The van der Waals surface area contributed by atoms with Gasteiger partial charge in [-0.05, 0) is 36.2 Å². The Labute approximate surface area is 173 Å². The fourth-order valence-corrected chi connectivity index (χ4v) is 4.02. The van der Waals surface area contributed by atoms with Crippen LogP contribution in [0.2, 0.25) is 0 Å². The standard InChI is InChI=1S/C22H23BrN2O3/c23-16-6-8-18(9-7-16)28-11-10-25-21(26)12-17(13-22(25)27)24-20-14-19(20)15-4-2-1-3-5-15/h1-9,17,19-20,24H,10-14H2/t19-,20+/m0/s1. The third kappa shape index (κ3) is 4.62. The summed E-state index contributed by atoms with van der Waals surface area (Å²) < 4.78 is 6.62. The van der Waals surface area contributed by atoms with Gasteiger partial charge in [0.2, 0.25) is 11.8 Å². The van der Waals surface area contributed by atoms with E-state index in [9.17, 15) is 9.59 Å². The summed E-state index contributed by atoms with van der Waals surface area (Å²) >= 11 is 3.38. The van der Waals surface area contributed by atoms with E-state index >= 15 is 0 Å². The Hall–Kier alpha value is -2.18. The zero-order valence-corrected chi connectivity index (χ0v) is 17.1. The number of likely N-dealkylation sites (tertiary alicyclic amines) is 1. The third-order valence-corrected chi connectivity index (χ3v) is 5.84. The number of nitrogens with one attached hydrogen (secondary N) is 1. The molecule has 1 aliphatic heterocycles. The van der Waals surface area contributed by atoms with Crippen molar-refractivity contribution in [2.75, 3.05) is 13.2 Å². The van der Waals surface area contributed by atoms with Gasteiger partial charge in [0.15, 0.2) is 0 Å². The van der Waals surface area contributed by atoms with Gasteiger partial charge in [0.05, 0.1) is 6.54 Å². The lowest BCUT2D eigenvalue weighted by atomic mass is 10.0. The normalized spacial score (nSPS) is 22.4. The van der Waals surface area contributed by atoms with Crippen LogP contribution in [0.5, 0.6) is 5.75 Å². The van der Waals surface area contributed by atoms with Crippen molar-refractivity contribution in [3.05, 3.63) is 64.6 Å². The quantitative estimate of drug-likeness (QED) is 0.666. The maximum Gasteiger partial charge on any atom is 0.230 e. The molecule has 0 radical (unpaired) electrons. The van der Waals surface area contributed by atoms with Crippen molar-refractivity contribution in [3.8, 4) is 5.75 Å². The molecule has 2 atom stereocenters. The molecule has 0 bridgehead atoms. The summed E-state index contributed by atoms with van der Waals surface area (Å²) in [5, 5.41) is 3.51. The zero-order chi connectivity index (χ0) is 19.5. The van der Waals surface area contributed by atoms with Gasteiger partial charge in [0.25, 0.3) is 0 Å². The first-order valence-electron chi connectivity index (χ1n) is 9.62. The van der Waals surface area contributed by atoms with Crippen molar-refractivity contribution in [2.45, 2.75) is 37.3 Å². The van der Waals surface area contributed by atoms with E-state index in [0.29, 0.717) is 31.4 Å². The van der Waals surface area contributed by atoms with Crippen LogP contribution in [0.25, 0.3) is 0 Å². The largest absolute Gasteiger partial charge is 0.492 e. The van der Waals surface area contributed by atoms with Gasteiger partial charge >= 0.3 is 0 Å². The lowest BCUT2D eigenvalue weighted by molar-refractivity contribution is -0.149. The smallest absolute Gasteiger partial charge is 0.230 e. The molecule has 0 unspecified atom stereocenters. The van der Waals surface area contributed by atoms with E-state index in [1.807, 2.05) is 42.5 Å². The van der Waals surface area contributed by atoms with Crippen LogP contribution in [-0.2, 0) is 9.59 Å². The highest BCUT2D eigenvalue weighted by Crippen LogP contribution is 2.41. The minimum atomic E-state index is -0.120. The van der Waals surface area contributed by atoms with Crippen molar-refractivity contribution in [3.63, 3.8) is 0 Å². The predicted molar refractivity (Wildman–Crippen MR) is 110 cm³/mol. The second-order valence-electron chi connectivity index (χ2n) is 7.37. The average molecular weight is 443 g/mol. The molecule has 0 spiro atoms. The summed E-state index contributed by atoms with van der Waals surface area (Å²) in [6.45, 7) is 0.590. The van der Waals surface area contributed by atoms with Crippen molar-refractivity contribution in [1.29, 1.82) is 0 Å². The molecular formula is C22H23BrN2O3. The van der Waals surface area contributed by atoms with E-state index < -0.39 is 0 Å². The molecule has 1 saturated carbocycles. The SMILES string of the molecule is O=C1CC(N[C@@H]2C[C@H]2c2ccccc2)CC(=O)N1CCOc1ccc(Br)cc1. The number of ether oxygens (including phenoxy) is 1. The number of carbonyl (C=O) groups excluding carboxylic acids is 2. The molecule has 2 amide bonds. The van der Waals surface area contributed by atoms with E-state index in [1.54, 1.807) is 0 Å². The van der Waals surface area contributed by atoms with Crippen molar-refractivity contribution in [2.24, 2.45) is 0 Å². The van der Waals surface area contributed by atoms with Gasteiger partial charge < -0.3 is 10.1 Å². The predicted octanol–water partition coefficient (Wildman–Crippen LogP) is 3.49. The highest BCUT2D eigenvalue weighted by Gasteiger charge is 2.41. The molecule has 5 nitrogen and oxygen atoms in total. The molecule has 1 aliphatic carbocycles. The number of imide groups is 1. The first-order valence-corrected chi connectivity index (χ1v) is 10.4. The van der Waals surface area contributed by atoms with E-state index in [2.05, 4.69) is 33.4 Å². The molecule has 1 N–H and O–H groups in total. The summed E-state index contributed by atoms with van der Waals surface area (Å²) in [7, 11) is 0. The van der Waals surface area contributed by atoms with E-state index in [1.165, 1.54) is 10.5 Å². The summed E-state index contributed by atoms with van der Waals surface area (Å²) in [4.78, 5) is 26.2. The van der Waals surface area contributed by atoms with Crippen molar-refractivity contribution in [1.82, 2.24) is 10.2 Å². The maximum absolute atomic E-state index is 12.5. The Morgan fingerprint density at radius 1 is 1.00 bits per heavy atom. The molecule has 28 heavy (non-hydrogen) atoms. The fourth-order valence-electron chi connectivity index (χ4n) is 3.76. The second kappa shape index (κ2) is 8.45. The number of nitrogens with zero attached hydrogens (tertiary/aromatic N) is 1. The van der Waals surface area contributed by atoms with E-state index in [4.69, 9.17) is 4.74 Å². The number of carbonyl (C=O) groups is 2. The van der Waals surface area contributed by atoms with Gasteiger partial charge in [-0.1, -0.05) is 46.3 Å². The minimum Gasteiger partial charge on any atom is -0.492 e. The molecule has 4 rings (SSSR count). The number of hydrogen-bond acceptors (Lipinski definition) is 4. The molecule has 0 aromatic heterocycles. The van der Waals surface area contributed by atoms with E-state index in [0.717, 1.165) is 16.6 Å². The maximum atomic E-state index is 12.5. The highest BCUT2D eigenvalue weighted by molar-refractivity contribution is 9.10. The summed E-state index contributed by atoms with van der Waals surface area (Å²) in [6, 6.07) is 18.2. The molecule has 1 heterocycles. The van der Waals surface area contributed by atoms with Crippen LogP contribution in [0.1, 0.15) is 30.7 Å². The van der Waals surface area contributed by atoms with Crippen LogP contribution in [0.15, 0.2) is 59.1 Å². The Morgan fingerprint density at radius 2 is 1.68 bits per heavy atom. The van der Waals surface area contributed by atoms with Gasteiger partial charge in [-0.25, -0.2) is 0 Å². The van der Waals surface area contributed by atoms with Gasteiger partial charge in [-0.15, -0.1) is 0 Å². The Balaban J connectivity index is 1.24. The lowest BCUT2D eigenvalue weighted by Gasteiger charge is -2.30. The van der Waals surface area contributed by atoms with Gasteiger partial charge in [-0.2, -0.15) is 0 Å². The minimum absolute atomic E-state index is 0.0673. The van der Waals surface area contributed by atoms with Crippen molar-refractivity contribution >= 4 is 27.7 Å². The van der Waals surface area contributed by atoms with Crippen LogP contribution >= 0.6 is 15.9 Å². The van der Waals surface area contributed by atoms with Crippen LogP contribution in [-0.4, -0.2) is 41.9 Å². The van der Waals surface area contributed by atoms with E-state index in [-0.39, 0.29) is 24.4 Å². The van der Waals surface area contributed by atoms with Gasteiger partial charge in [-0.3, -0.25) is 14.5 Å². The first-order chi connectivity index (χ1) is 13.6. The van der Waals surface area contributed by atoms with Crippen LogP contribution in [0.3, 0.4) is 0 Å². The molecule has 2 aromatic carbocycles. The molecule has 1 saturated heterocycles. The van der Waals surface area contributed by atoms with Gasteiger partial charge in [0.1, 0.15) is 12.4 Å². The summed E-state index contributed by atoms with van der Waals surface area (Å²) in [6.07, 6.45) is 1.79. The Bertz CT molecular complexity index is 823.